The van der Waals surface area contributed by atoms with Crippen molar-refractivity contribution in [3.05, 3.63) is 35.4 Å². The first kappa shape index (κ1) is 11.0. The Balaban J connectivity index is 2.74. The molecule has 1 aromatic carbocycles. The van der Waals surface area contributed by atoms with Gasteiger partial charge in [0.15, 0.2) is 0 Å². The molecular formula is C10H12F3N. The summed E-state index contributed by atoms with van der Waals surface area (Å²) in [6.07, 6.45) is -5.18. The maximum absolute atomic E-state index is 12.0. The van der Waals surface area contributed by atoms with Crippen molar-refractivity contribution >= 4 is 0 Å². The van der Waals surface area contributed by atoms with Crippen molar-refractivity contribution in [2.45, 2.75) is 25.6 Å². The molecule has 78 valence electrons. The zero-order valence-corrected chi connectivity index (χ0v) is 7.81. The number of benzene rings is 1. The van der Waals surface area contributed by atoms with E-state index in [4.69, 9.17) is 5.73 Å². The summed E-state index contributed by atoms with van der Waals surface area (Å²) in [6, 6.07) is 5.86. The van der Waals surface area contributed by atoms with Crippen LogP contribution in [0.2, 0.25) is 0 Å². The van der Waals surface area contributed by atoms with Crippen molar-refractivity contribution < 1.29 is 13.2 Å². The lowest BCUT2D eigenvalue weighted by Gasteiger charge is -2.14. The number of hydrogen-bond acceptors (Lipinski definition) is 1. The molecule has 0 fully saturated rings. The summed E-state index contributed by atoms with van der Waals surface area (Å²) in [4.78, 5) is 0. The van der Waals surface area contributed by atoms with E-state index in [1.165, 1.54) is 0 Å². The molecule has 1 nitrogen and oxygen atoms in total. The molecule has 0 amide bonds. The number of aryl methyl sites for hydroxylation is 1. The maximum Gasteiger partial charge on any atom is 0.390 e. The molecule has 0 saturated carbocycles. The Hall–Kier alpha value is -1.03. The minimum absolute atomic E-state index is 0.530. The fraction of sp³-hybridized carbons (Fsp3) is 0.400. The van der Waals surface area contributed by atoms with Crippen LogP contribution in [0.1, 0.15) is 23.6 Å². The van der Waals surface area contributed by atoms with E-state index in [1.54, 1.807) is 18.2 Å². The van der Waals surface area contributed by atoms with E-state index in [2.05, 4.69) is 0 Å². The first-order valence-corrected chi connectivity index (χ1v) is 4.27. The molecule has 0 bridgehead atoms. The number of hydrogen-bond donors (Lipinski definition) is 1. The Morgan fingerprint density at radius 2 is 2.00 bits per heavy atom. The summed E-state index contributed by atoms with van der Waals surface area (Å²) < 4.78 is 36.0. The monoisotopic (exact) mass is 203 g/mol. The minimum atomic E-state index is -4.21. The zero-order chi connectivity index (χ0) is 10.8. The van der Waals surface area contributed by atoms with Gasteiger partial charge in [-0.3, -0.25) is 0 Å². The van der Waals surface area contributed by atoms with E-state index in [1.807, 2.05) is 13.0 Å². The average Bonchev–Trinajstić information content (AvgIpc) is 2.01. The van der Waals surface area contributed by atoms with Crippen molar-refractivity contribution in [1.29, 1.82) is 0 Å². The van der Waals surface area contributed by atoms with Crippen LogP contribution in [-0.2, 0) is 0 Å². The maximum atomic E-state index is 12.0. The summed E-state index contributed by atoms with van der Waals surface area (Å²) in [5.74, 6) is 0. The van der Waals surface area contributed by atoms with Gasteiger partial charge >= 0.3 is 6.18 Å². The molecule has 0 saturated heterocycles. The molecule has 0 aliphatic heterocycles. The van der Waals surface area contributed by atoms with Gasteiger partial charge in [-0.25, -0.2) is 0 Å². The Morgan fingerprint density at radius 1 is 1.36 bits per heavy atom. The average molecular weight is 203 g/mol. The lowest BCUT2D eigenvalue weighted by Crippen LogP contribution is -2.20. The van der Waals surface area contributed by atoms with Crippen LogP contribution < -0.4 is 5.73 Å². The zero-order valence-electron chi connectivity index (χ0n) is 7.81. The fourth-order valence-corrected chi connectivity index (χ4v) is 1.27. The van der Waals surface area contributed by atoms with Crippen molar-refractivity contribution in [1.82, 2.24) is 0 Å². The predicted molar refractivity (Wildman–Crippen MR) is 48.8 cm³/mol. The summed E-state index contributed by atoms with van der Waals surface area (Å²) in [5, 5.41) is 0. The molecule has 0 aromatic heterocycles. The third-order valence-corrected chi connectivity index (χ3v) is 1.92. The van der Waals surface area contributed by atoms with Gasteiger partial charge in [-0.1, -0.05) is 29.8 Å². The molecule has 0 spiro atoms. The van der Waals surface area contributed by atoms with Gasteiger partial charge in [-0.15, -0.1) is 0 Å². The topological polar surface area (TPSA) is 26.0 Å². The van der Waals surface area contributed by atoms with Crippen LogP contribution >= 0.6 is 0 Å². The van der Waals surface area contributed by atoms with E-state index < -0.39 is 18.6 Å². The highest BCUT2D eigenvalue weighted by atomic mass is 19.4. The highest BCUT2D eigenvalue weighted by Crippen LogP contribution is 2.27. The highest BCUT2D eigenvalue weighted by Gasteiger charge is 2.30. The van der Waals surface area contributed by atoms with Crippen LogP contribution in [0, 0.1) is 6.92 Å². The molecule has 0 radical (unpaired) electrons. The van der Waals surface area contributed by atoms with E-state index in [0.717, 1.165) is 5.56 Å². The van der Waals surface area contributed by atoms with Gasteiger partial charge < -0.3 is 5.73 Å². The van der Waals surface area contributed by atoms with Gasteiger partial charge in [0.05, 0.1) is 6.42 Å². The Labute approximate surface area is 80.7 Å². The highest BCUT2D eigenvalue weighted by molar-refractivity contribution is 5.24. The van der Waals surface area contributed by atoms with Gasteiger partial charge in [0, 0.05) is 6.04 Å². The molecular weight excluding hydrogens is 191 g/mol. The second-order valence-corrected chi connectivity index (χ2v) is 3.34. The number of alkyl halides is 3. The number of halogens is 3. The van der Waals surface area contributed by atoms with Gasteiger partial charge in [-0.05, 0) is 12.5 Å². The molecule has 1 unspecified atom stereocenters. The molecule has 0 aliphatic carbocycles. The summed E-state index contributed by atoms with van der Waals surface area (Å²) in [7, 11) is 0. The van der Waals surface area contributed by atoms with Gasteiger partial charge in [0.25, 0.3) is 0 Å². The van der Waals surface area contributed by atoms with Gasteiger partial charge in [-0.2, -0.15) is 13.2 Å². The lowest BCUT2D eigenvalue weighted by atomic mass is 10.0. The van der Waals surface area contributed by atoms with Crippen LogP contribution in [0.3, 0.4) is 0 Å². The standard InChI is InChI=1S/C10H12F3N/c1-7-3-2-4-8(5-7)9(14)6-10(11,12)13/h2-5,9H,6,14H2,1H3. The van der Waals surface area contributed by atoms with Crippen LogP contribution in [-0.4, -0.2) is 6.18 Å². The second-order valence-electron chi connectivity index (χ2n) is 3.34. The van der Waals surface area contributed by atoms with Crippen LogP contribution in [0.5, 0.6) is 0 Å². The third kappa shape index (κ3) is 3.38. The van der Waals surface area contributed by atoms with Crippen molar-refractivity contribution in [2.75, 3.05) is 0 Å². The Kier molecular flexibility index (Phi) is 3.16. The van der Waals surface area contributed by atoms with E-state index in [-0.39, 0.29) is 0 Å². The van der Waals surface area contributed by atoms with E-state index in [9.17, 15) is 13.2 Å². The van der Waals surface area contributed by atoms with Gasteiger partial charge in [0.1, 0.15) is 0 Å². The summed E-state index contributed by atoms with van der Waals surface area (Å²) >= 11 is 0. The molecule has 1 atom stereocenters. The van der Waals surface area contributed by atoms with Crippen LogP contribution in [0.4, 0.5) is 13.2 Å². The molecule has 1 aromatic rings. The molecule has 4 heteroatoms. The molecule has 1 rings (SSSR count). The molecule has 14 heavy (non-hydrogen) atoms. The first-order valence-electron chi connectivity index (χ1n) is 4.27. The van der Waals surface area contributed by atoms with Crippen molar-refractivity contribution in [3.63, 3.8) is 0 Å². The largest absolute Gasteiger partial charge is 0.390 e. The van der Waals surface area contributed by atoms with Crippen LogP contribution in [0.15, 0.2) is 24.3 Å². The van der Waals surface area contributed by atoms with Crippen molar-refractivity contribution in [2.24, 2.45) is 5.73 Å². The number of rotatable bonds is 2. The molecule has 0 aliphatic rings. The summed E-state index contributed by atoms with van der Waals surface area (Å²) in [5.41, 5.74) is 6.88. The molecule has 2 N–H and O–H groups in total. The Morgan fingerprint density at radius 3 is 2.50 bits per heavy atom. The lowest BCUT2D eigenvalue weighted by molar-refractivity contribution is -0.138. The first-order chi connectivity index (χ1) is 6.38. The van der Waals surface area contributed by atoms with Crippen molar-refractivity contribution in [3.8, 4) is 0 Å². The Bertz CT molecular complexity index is 306. The molecule has 0 heterocycles. The fourth-order valence-electron chi connectivity index (χ4n) is 1.27. The van der Waals surface area contributed by atoms with Gasteiger partial charge in [0.2, 0.25) is 0 Å². The predicted octanol–water partition coefficient (Wildman–Crippen LogP) is 2.95. The smallest absolute Gasteiger partial charge is 0.324 e. The van der Waals surface area contributed by atoms with Crippen LogP contribution in [0.25, 0.3) is 0 Å². The van der Waals surface area contributed by atoms with E-state index in [0.29, 0.717) is 5.56 Å². The minimum Gasteiger partial charge on any atom is -0.324 e. The summed E-state index contributed by atoms with van der Waals surface area (Å²) in [6.45, 7) is 1.82. The number of nitrogens with two attached hydrogens (primary N) is 1. The third-order valence-electron chi connectivity index (χ3n) is 1.92. The SMILES string of the molecule is Cc1cccc(C(N)CC(F)(F)F)c1. The van der Waals surface area contributed by atoms with E-state index >= 15 is 0 Å². The quantitative estimate of drug-likeness (QED) is 0.785. The second kappa shape index (κ2) is 4.00. The normalized spacial score (nSPS) is 14.1.